The van der Waals surface area contributed by atoms with Gasteiger partial charge in [0.1, 0.15) is 5.75 Å². The highest BCUT2D eigenvalue weighted by atomic mass is 16.5. The molecule has 0 aliphatic rings. The zero-order valence-electron chi connectivity index (χ0n) is 14.1. The maximum absolute atomic E-state index is 10.4. The number of ether oxygens (including phenoxy) is 1. The predicted octanol–water partition coefficient (Wildman–Crippen LogP) is 3.56. The van der Waals surface area contributed by atoms with E-state index in [4.69, 9.17) is 10.5 Å². The monoisotopic (exact) mass is 293 g/mol. The topological polar surface area (TPSA) is 55.5 Å². The van der Waals surface area contributed by atoms with Crippen LogP contribution in [0.5, 0.6) is 5.75 Å². The van der Waals surface area contributed by atoms with Gasteiger partial charge in [-0.15, -0.1) is 0 Å². The number of aliphatic hydroxyl groups excluding tert-OH is 1. The van der Waals surface area contributed by atoms with Gasteiger partial charge in [0.05, 0.1) is 12.7 Å². The summed E-state index contributed by atoms with van der Waals surface area (Å²) in [7, 11) is 0. The van der Waals surface area contributed by atoms with Gasteiger partial charge in [-0.05, 0) is 35.4 Å². The van der Waals surface area contributed by atoms with Crippen LogP contribution in [0, 0.1) is 11.3 Å². The lowest BCUT2D eigenvalue weighted by Crippen LogP contribution is -2.29. The third-order valence-corrected chi connectivity index (χ3v) is 3.43. The van der Waals surface area contributed by atoms with Gasteiger partial charge < -0.3 is 15.6 Å². The van der Waals surface area contributed by atoms with Gasteiger partial charge in [-0.2, -0.15) is 0 Å². The van der Waals surface area contributed by atoms with Crippen molar-refractivity contribution in [2.75, 3.05) is 13.2 Å². The molecule has 0 aliphatic carbocycles. The molecule has 0 saturated heterocycles. The first-order valence-corrected chi connectivity index (χ1v) is 7.84. The minimum absolute atomic E-state index is 0.0247. The average molecular weight is 293 g/mol. The van der Waals surface area contributed by atoms with Crippen LogP contribution < -0.4 is 10.5 Å². The Morgan fingerprint density at radius 1 is 1.14 bits per heavy atom. The quantitative estimate of drug-likeness (QED) is 0.808. The Morgan fingerprint density at radius 2 is 1.71 bits per heavy atom. The number of rotatable bonds is 7. The summed E-state index contributed by atoms with van der Waals surface area (Å²) >= 11 is 0. The van der Waals surface area contributed by atoms with Crippen molar-refractivity contribution < 1.29 is 9.84 Å². The molecule has 0 heterocycles. The molecule has 0 amide bonds. The molecule has 21 heavy (non-hydrogen) atoms. The van der Waals surface area contributed by atoms with Crippen LogP contribution >= 0.6 is 0 Å². The Kier molecular flexibility index (Phi) is 6.69. The van der Waals surface area contributed by atoms with E-state index in [1.807, 2.05) is 24.3 Å². The van der Waals surface area contributed by atoms with Crippen LogP contribution in [0.1, 0.15) is 52.5 Å². The van der Waals surface area contributed by atoms with E-state index in [0.29, 0.717) is 19.1 Å². The fraction of sp³-hybridized carbons (Fsp3) is 0.667. The van der Waals surface area contributed by atoms with E-state index < -0.39 is 6.10 Å². The molecule has 0 aromatic heterocycles. The smallest absolute Gasteiger partial charge is 0.119 e. The van der Waals surface area contributed by atoms with Gasteiger partial charge in [0.15, 0.2) is 0 Å². The lowest BCUT2D eigenvalue weighted by atomic mass is 9.82. The third kappa shape index (κ3) is 6.49. The van der Waals surface area contributed by atoms with E-state index in [-0.39, 0.29) is 11.3 Å². The SMILES string of the molecule is CC(C)COc1ccc(C(CN)C(O)CC(C)(C)C)cc1. The molecular formula is C18H31NO2. The molecule has 3 N–H and O–H groups in total. The van der Waals surface area contributed by atoms with Crippen LogP contribution in [0.4, 0.5) is 0 Å². The Hall–Kier alpha value is -1.06. The zero-order chi connectivity index (χ0) is 16.0. The van der Waals surface area contributed by atoms with Gasteiger partial charge in [-0.3, -0.25) is 0 Å². The second kappa shape index (κ2) is 7.81. The molecule has 0 saturated carbocycles. The summed E-state index contributed by atoms with van der Waals surface area (Å²) < 4.78 is 5.68. The first kappa shape index (κ1) is 18.0. The molecule has 3 heteroatoms. The maximum atomic E-state index is 10.4. The van der Waals surface area contributed by atoms with Crippen LogP contribution in [0.2, 0.25) is 0 Å². The molecule has 0 fully saturated rings. The highest BCUT2D eigenvalue weighted by Crippen LogP contribution is 2.29. The molecule has 0 aliphatic heterocycles. The van der Waals surface area contributed by atoms with Crippen LogP contribution in [0.25, 0.3) is 0 Å². The number of benzene rings is 1. The lowest BCUT2D eigenvalue weighted by molar-refractivity contribution is 0.0971. The van der Waals surface area contributed by atoms with Gasteiger partial charge >= 0.3 is 0 Å². The van der Waals surface area contributed by atoms with E-state index in [9.17, 15) is 5.11 Å². The first-order valence-electron chi connectivity index (χ1n) is 7.84. The average Bonchev–Trinajstić information content (AvgIpc) is 2.36. The van der Waals surface area contributed by atoms with Crippen molar-refractivity contribution in [1.29, 1.82) is 0 Å². The van der Waals surface area contributed by atoms with Gasteiger partial charge in [-0.25, -0.2) is 0 Å². The molecule has 2 atom stereocenters. The van der Waals surface area contributed by atoms with E-state index in [2.05, 4.69) is 34.6 Å². The van der Waals surface area contributed by atoms with E-state index in [1.54, 1.807) is 0 Å². The van der Waals surface area contributed by atoms with Crippen LogP contribution in [-0.2, 0) is 0 Å². The lowest BCUT2D eigenvalue weighted by Gasteiger charge is -2.28. The fourth-order valence-corrected chi connectivity index (χ4v) is 2.36. The summed E-state index contributed by atoms with van der Waals surface area (Å²) in [5, 5.41) is 10.4. The molecule has 1 rings (SSSR count). The Morgan fingerprint density at radius 3 is 2.14 bits per heavy atom. The third-order valence-electron chi connectivity index (χ3n) is 3.43. The summed E-state index contributed by atoms with van der Waals surface area (Å²) in [4.78, 5) is 0. The zero-order valence-corrected chi connectivity index (χ0v) is 14.1. The van der Waals surface area contributed by atoms with Gasteiger partial charge in [-0.1, -0.05) is 46.8 Å². The van der Waals surface area contributed by atoms with Crippen molar-refractivity contribution in [3.63, 3.8) is 0 Å². The largest absolute Gasteiger partial charge is 0.493 e. The fourth-order valence-electron chi connectivity index (χ4n) is 2.36. The molecule has 2 unspecified atom stereocenters. The van der Waals surface area contributed by atoms with Crippen molar-refractivity contribution >= 4 is 0 Å². The molecular weight excluding hydrogens is 262 g/mol. The molecule has 0 radical (unpaired) electrons. The molecule has 120 valence electrons. The van der Waals surface area contributed by atoms with Crippen molar-refractivity contribution in [3.05, 3.63) is 29.8 Å². The normalized spacial score (nSPS) is 15.0. The molecule has 1 aromatic rings. The highest BCUT2D eigenvalue weighted by molar-refractivity contribution is 5.30. The van der Waals surface area contributed by atoms with Crippen molar-refractivity contribution in [1.82, 2.24) is 0 Å². The van der Waals surface area contributed by atoms with Crippen molar-refractivity contribution in [2.45, 2.75) is 53.1 Å². The highest BCUT2D eigenvalue weighted by Gasteiger charge is 2.25. The standard InChI is InChI=1S/C18H31NO2/c1-13(2)12-21-15-8-6-14(7-9-15)16(11-19)17(20)10-18(3,4)5/h6-9,13,16-17,20H,10-12,19H2,1-5H3. The molecule has 0 bridgehead atoms. The van der Waals surface area contributed by atoms with Gasteiger partial charge in [0, 0.05) is 12.5 Å². The molecule has 3 nitrogen and oxygen atoms in total. The number of hydrogen-bond donors (Lipinski definition) is 2. The van der Waals surface area contributed by atoms with Crippen LogP contribution in [0.15, 0.2) is 24.3 Å². The van der Waals surface area contributed by atoms with Crippen LogP contribution in [-0.4, -0.2) is 24.4 Å². The summed E-state index contributed by atoms with van der Waals surface area (Å²) in [6.45, 7) is 11.8. The Bertz CT molecular complexity index is 406. The van der Waals surface area contributed by atoms with E-state index >= 15 is 0 Å². The Labute approximate surface area is 129 Å². The first-order chi connectivity index (χ1) is 9.73. The van der Waals surface area contributed by atoms with E-state index in [0.717, 1.165) is 17.7 Å². The summed E-state index contributed by atoms with van der Waals surface area (Å²) in [5.74, 6) is 1.35. The second-order valence-corrected chi connectivity index (χ2v) is 7.45. The van der Waals surface area contributed by atoms with E-state index in [1.165, 1.54) is 0 Å². The maximum Gasteiger partial charge on any atom is 0.119 e. The van der Waals surface area contributed by atoms with Crippen LogP contribution in [0.3, 0.4) is 0 Å². The van der Waals surface area contributed by atoms with Gasteiger partial charge in [0.25, 0.3) is 0 Å². The number of hydrogen-bond acceptors (Lipinski definition) is 3. The molecule has 1 aromatic carbocycles. The molecule has 0 spiro atoms. The summed E-state index contributed by atoms with van der Waals surface area (Å²) in [6, 6.07) is 7.95. The van der Waals surface area contributed by atoms with Gasteiger partial charge in [0.2, 0.25) is 0 Å². The number of aliphatic hydroxyl groups is 1. The Balaban J connectivity index is 2.73. The summed E-state index contributed by atoms with van der Waals surface area (Å²) in [6.07, 6.45) is 0.318. The minimum atomic E-state index is -0.419. The minimum Gasteiger partial charge on any atom is -0.493 e. The summed E-state index contributed by atoms with van der Waals surface area (Å²) in [5.41, 5.74) is 7.04. The second-order valence-electron chi connectivity index (χ2n) is 7.45. The van der Waals surface area contributed by atoms with Crippen molar-refractivity contribution in [2.24, 2.45) is 17.1 Å². The number of nitrogens with two attached hydrogens (primary N) is 1. The van der Waals surface area contributed by atoms with Crippen molar-refractivity contribution in [3.8, 4) is 5.75 Å². The predicted molar refractivity (Wildman–Crippen MR) is 88.6 cm³/mol.